The number of aromatic nitrogens is 1. The normalized spacial score (nSPS) is 22.5. The summed E-state index contributed by atoms with van der Waals surface area (Å²) in [6.45, 7) is 0.317. The van der Waals surface area contributed by atoms with Gasteiger partial charge in [-0.05, 0) is 48.9 Å². The fraction of sp³-hybridized carbons (Fsp3) is 0.348. The second kappa shape index (κ2) is 7.83. The zero-order valence-electron chi connectivity index (χ0n) is 17.4. The summed E-state index contributed by atoms with van der Waals surface area (Å²) in [7, 11) is 0. The van der Waals surface area contributed by atoms with Crippen LogP contribution in [0.15, 0.2) is 30.5 Å². The molecule has 1 aromatic carbocycles. The van der Waals surface area contributed by atoms with Gasteiger partial charge >= 0.3 is 0 Å². The standard InChI is InChI=1S/C23H23N5O4/c24-14-4-5-17-13(8-14)9-15(11-26-17)25-10-12-2-1-3-16-20(12)23(32)28(22(16)31)18-6-7-19(29)27-21(18)30/h1-3,9,11,14,18,25H,4-8,10,24H2,(H,27,29,30). The highest BCUT2D eigenvalue weighted by Gasteiger charge is 2.45. The number of amides is 4. The Morgan fingerprint density at radius 3 is 2.78 bits per heavy atom. The average molecular weight is 433 g/mol. The molecule has 5 rings (SSSR count). The quantitative estimate of drug-likeness (QED) is 0.610. The minimum atomic E-state index is -0.977. The summed E-state index contributed by atoms with van der Waals surface area (Å²) in [6.07, 6.45) is 4.58. The molecule has 4 amide bonds. The van der Waals surface area contributed by atoms with Gasteiger partial charge in [0.05, 0.1) is 23.0 Å². The van der Waals surface area contributed by atoms with Gasteiger partial charge in [-0.15, -0.1) is 0 Å². The molecule has 3 heterocycles. The van der Waals surface area contributed by atoms with Gasteiger partial charge in [-0.3, -0.25) is 34.4 Å². The van der Waals surface area contributed by atoms with Crippen molar-refractivity contribution in [1.82, 2.24) is 15.2 Å². The number of nitrogens with two attached hydrogens (primary N) is 1. The third kappa shape index (κ3) is 3.44. The number of piperidine rings is 1. The lowest BCUT2D eigenvalue weighted by atomic mass is 9.92. The number of rotatable bonds is 4. The first kappa shape index (κ1) is 20.3. The van der Waals surface area contributed by atoms with E-state index in [4.69, 9.17) is 5.73 Å². The summed E-state index contributed by atoms with van der Waals surface area (Å²) < 4.78 is 0. The molecule has 0 saturated carbocycles. The van der Waals surface area contributed by atoms with Crippen molar-refractivity contribution in [3.8, 4) is 0 Å². The van der Waals surface area contributed by atoms with Crippen molar-refractivity contribution >= 4 is 29.3 Å². The molecule has 1 aromatic heterocycles. The van der Waals surface area contributed by atoms with Crippen LogP contribution in [0.2, 0.25) is 0 Å². The highest BCUT2D eigenvalue weighted by atomic mass is 16.2. The maximum absolute atomic E-state index is 13.2. The van der Waals surface area contributed by atoms with E-state index < -0.39 is 29.7 Å². The highest BCUT2D eigenvalue weighted by molar-refractivity contribution is 6.24. The second-order valence-electron chi connectivity index (χ2n) is 8.47. The van der Waals surface area contributed by atoms with E-state index in [-0.39, 0.29) is 24.4 Å². The Kier molecular flexibility index (Phi) is 4.97. The number of hydrogen-bond donors (Lipinski definition) is 3. The van der Waals surface area contributed by atoms with Gasteiger partial charge in [0.1, 0.15) is 6.04 Å². The fourth-order valence-corrected chi connectivity index (χ4v) is 4.67. The topological polar surface area (TPSA) is 134 Å². The first-order valence-electron chi connectivity index (χ1n) is 10.7. The van der Waals surface area contributed by atoms with Crippen molar-refractivity contribution in [3.05, 3.63) is 58.4 Å². The second-order valence-corrected chi connectivity index (χ2v) is 8.47. The molecule has 9 nitrogen and oxygen atoms in total. The van der Waals surface area contributed by atoms with E-state index in [9.17, 15) is 19.2 Å². The maximum atomic E-state index is 13.2. The molecule has 0 bridgehead atoms. The van der Waals surface area contributed by atoms with Gasteiger partial charge in [0.2, 0.25) is 11.8 Å². The van der Waals surface area contributed by atoms with Crippen LogP contribution in [0.5, 0.6) is 0 Å². The van der Waals surface area contributed by atoms with Gasteiger partial charge in [0, 0.05) is 24.7 Å². The van der Waals surface area contributed by atoms with E-state index in [1.54, 1.807) is 24.4 Å². The molecule has 164 valence electrons. The molecule has 1 aliphatic carbocycles. The Labute approximate surface area is 184 Å². The lowest BCUT2D eigenvalue weighted by molar-refractivity contribution is -0.136. The van der Waals surface area contributed by atoms with Crippen LogP contribution in [-0.2, 0) is 29.0 Å². The molecule has 9 heteroatoms. The fourth-order valence-electron chi connectivity index (χ4n) is 4.67. The number of aryl methyl sites for hydroxylation is 1. The van der Waals surface area contributed by atoms with Gasteiger partial charge in [-0.1, -0.05) is 12.1 Å². The van der Waals surface area contributed by atoms with E-state index in [1.807, 2.05) is 6.07 Å². The number of imide groups is 2. The van der Waals surface area contributed by atoms with Crippen molar-refractivity contribution in [3.63, 3.8) is 0 Å². The van der Waals surface area contributed by atoms with Gasteiger partial charge in [-0.2, -0.15) is 0 Å². The summed E-state index contributed by atoms with van der Waals surface area (Å²) in [5, 5.41) is 5.50. The van der Waals surface area contributed by atoms with Crippen molar-refractivity contribution in [1.29, 1.82) is 0 Å². The minimum absolute atomic E-state index is 0.0905. The van der Waals surface area contributed by atoms with Gasteiger partial charge in [-0.25, -0.2) is 0 Å². The van der Waals surface area contributed by atoms with Crippen molar-refractivity contribution in [2.75, 3.05) is 5.32 Å². The monoisotopic (exact) mass is 433 g/mol. The first-order chi connectivity index (χ1) is 15.4. The number of anilines is 1. The number of benzene rings is 1. The van der Waals surface area contributed by atoms with Crippen LogP contribution in [-0.4, -0.2) is 45.6 Å². The Hall–Kier alpha value is -3.59. The number of hydrogen-bond acceptors (Lipinski definition) is 7. The summed E-state index contributed by atoms with van der Waals surface area (Å²) in [5.74, 6) is -2.03. The molecule has 0 spiro atoms. The Balaban J connectivity index is 1.37. The molecule has 2 unspecified atom stereocenters. The minimum Gasteiger partial charge on any atom is -0.380 e. The zero-order chi connectivity index (χ0) is 22.4. The average Bonchev–Trinajstić information content (AvgIpc) is 3.03. The SMILES string of the molecule is NC1CCc2ncc(NCc3cccc4c3C(=O)N(C3CCC(=O)NC3=O)C4=O)cc2C1. The predicted molar refractivity (Wildman–Crippen MR) is 115 cm³/mol. The third-order valence-corrected chi connectivity index (χ3v) is 6.33. The zero-order valence-corrected chi connectivity index (χ0v) is 17.4. The summed E-state index contributed by atoms with van der Waals surface area (Å²) in [4.78, 5) is 55.4. The Morgan fingerprint density at radius 1 is 1.12 bits per heavy atom. The summed E-state index contributed by atoms with van der Waals surface area (Å²) in [5.41, 5.74) is 10.3. The molecule has 2 aromatic rings. The molecule has 3 aliphatic rings. The molecular weight excluding hydrogens is 410 g/mol. The van der Waals surface area contributed by atoms with E-state index in [0.717, 1.165) is 41.1 Å². The van der Waals surface area contributed by atoms with Crippen LogP contribution in [0.25, 0.3) is 0 Å². The van der Waals surface area contributed by atoms with Crippen LogP contribution < -0.4 is 16.4 Å². The molecule has 1 fully saturated rings. The number of nitrogens with one attached hydrogen (secondary N) is 2. The molecule has 0 radical (unpaired) electrons. The first-order valence-corrected chi connectivity index (χ1v) is 10.7. The summed E-state index contributed by atoms with van der Waals surface area (Å²) >= 11 is 0. The van der Waals surface area contributed by atoms with E-state index >= 15 is 0 Å². The molecule has 32 heavy (non-hydrogen) atoms. The van der Waals surface area contributed by atoms with E-state index in [0.29, 0.717) is 17.7 Å². The van der Waals surface area contributed by atoms with E-state index in [2.05, 4.69) is 15.6 Å². The number of pyridine rings is 1. The Morgan fingerprint density at radius 2 is 1.97 bits per heavy atom. The number of carbonyl (C=O) groups is 4. The van der Waals surface area contributed by atoms with Crippen molar-refractivity contribution < 1.29 is 19.2 Å². The van der Waals surface area contributed by atoms with Crippen LogP contribution in [0.1, 0.15) is 56.8 Å². The maximum Gasteiger partial charge on any atom is 0.262 e. The third-order valence-electron chi connectivity index (χ3n) is 6.33. The molecule has 1 saturated heterocycles. The Bertz CT molecular complexity index is 1160. The van der Waals surface area contributed by atoms with Crippen LogP contribution >= 0.6 is 0 Å². The van der Waals surface area contributed by atoms with Gasteiger partial charge in [0.15, 0.2) is 0 Å². The smallest absolute Gasteiger partial charge is 0.262 e. The van der Waals surface area contributed by atoms with Crippen LogP contribution in [0.4, 0.5) is 5.69 Å². The molecule has 2 aliphatic heterocycles. The molecule has 4 N–H and O–H groups in total. The lowest BCUT2D eigenvalue weighted by Gasteiger charge is -2.27. The number of carbonyl (C=O) groups excluding carboxylic acids is 4. The number of nitrogens with zero attached hydrogens (tertiary/aromatic N) is 2. The van der Waals surface area contributed by atoms with E-state index in [1.165, 1.54) is 0 Å². The van der Waals surface area contributed by atoms with Crippen molar-refractivity contribution in [2.45, 2.75) is 50.7 Å². The predicted octanol–water partition coefficient (Wildman–Crippen LogP) is 0.911. The summed E-state index contributed by atoms with van der Waals surface area (Å²) in [6, 6.07) is 6.29. The molecule has 2 atom stereocenters. The van der Waals surface area contributed by atoms with Gasteiger partial charge < -0.3 is 11.1 Å². The van der Waals surface area contributed by atoms with Gasteiger partial charge in [0.25, 0.3) is 11.8 Å². The largest absolute Gasteiger partial charge is 0.380 e. The van der Waals surface area contributed by atoms with Crippen LogP contribution in [0.3, 0.4) is 0 Å². The number of fused-ring (bicyclic) bond motifs is 2. The van der Waals surface area contributed by atoms with Crippen molar-refractivity contribution in [2.24, 2.45) is 5.73 Å². The lowest BCUT2D eigenvalue weighted by Crippen LogP contribution is -2.54. The highest BCUT2D eigenvalue weighted by Crippen LogP contribution is 2.30. The van der Waals surface area contributed by atoms with Crippen LogP contribution in [0, 0.1) is 0 Å². The molecular formula is C23H23N5O4.